The van der Waals surface area contributed by atoms with Gasteiger partial charge in [-0.15, -0.1) is 16.4 Å². The summed E-state index contributed by atoms with van der Waals surface area (Å²) in [6, 6.07) is 1.58. The third kappa shape index (κ3) is 2.60. The molecule has 3 aromatic heterocycles. The normalized spacial score (nSPS) is 11.5. The van der Waals surface area contributed by atoms with Crippen molar-refractivity contribution in [1.29, 1.82) is 0 Å². The molecule has 0 fully saturated rings. The van der Waals surface area contributed by atoms with Crippen molar-refractivity contribution in [2.45, 2.75) is 13.5 Å². The predicted octanol–water partition coefficient (Wildman–Crippen LogP) is 0.728. The lowest BCUT2D eigenvalue weighted by molar-refractivity contribution is 0.280. The molecule has 0 aliphatic carbocycles. The summed E-state index contributed by atoms with van der Waals surface area (Å²) >= 11 is 1.35. The molecule has 116 valence electrons. The van der Waals surface area contributed by atoms with E-state index < -0.39 is 0 Å². The Bertz CT molecular complexity index is 866. The van der Waals surface area contributed by atoms with Gasteiger partial charge in [-0.2, -0.15) is 9.36 Å². The Labute approximate surface area is 130 Å². The summed E-state index contributed by atoms with van der Waals surface area (Å²) < 4.78 is 20.8. The number of tetrazole rings is 1. The molecular formula is C12H14N6O3S. The van der Waals surface area contributed by atoms with Gasteiger partial charge in [0.15, 0.2) is 6.48 Å². The van der Waals surface area contributed by atoms with Crippen molar-refractivity contribution in [2.75, 3.05) is 6.61 Å². The van der Waals surface area contributed by atoms with E-state index in [4.69, 9.17) is 10.9 Å². The second kappa shape index (κ2) is 6.02. The van der Waals surface area contributed by atoms with Crippen molar-refractivity contribution in [3.63, 3.8) is 0 Å². The fraction of sp³-hybridized carbons (Fsp3) is 0.333. The van der Waals surface area contributed by atoms with Crippen molar-refractivity contribution in [1.82, 2.24) is 30.0 Å². The fourth-order valence-electron chi connectivity index (χ4n) is 1.83. The van der Waals surface area contributed by atoms with Crippen LogP contribution >= 0.6 is 11.3 Å². The lowest BCUT2D eigenvalue weighted by Crippen LogP contribution is -2.22. The number of aryl methyl sites for hydroxylation is 1. The highest BCUT2D eigenvalue weighted by Crippen LogP contribution is 2.33. The van der Waals surface area contributed by atoms with Crippen molar-refractivity contribution in [3.05, 3.63) is 33.7 Å². The quantitative estimate of drug-likeness (QED) is 0.717. The number of hydrogen-bond acceptors (Lipinski definition) is 7. The first-order chi connectivity index (χ1) is 11.1. The topological polar surface area (TPSA) is 99.9 Å². The first-order valence-electron chi connectivity index (χ1n) is 6.95. The van der Waals surface area contributed by atoms with E-state index in [9.17, 15) is 4.79 Å². The van der Waals surface area contributed by atoms with Crippen LogP contribution in [0.25, 0.3) is 5.69 Å². The average Bonchev–Trinajstić information content (AvgIpc) is 3.20. The van der Waals surface area contributed by atoms with Gasteiger partial charge in [-0.05, 0) is 17.4 Å². The lowest BCUT2D eigenvalue weighted by Gasteiger charge is -2.07. The Morgan fingerprint density at radius 3 is 2.95 bits per heavy atom. The first-order valence-corrected chi connectivity index (χ1v) is 7.38. The molecule has 0 radical (unpaired) electrons. The Hall–Kier alpha value is -2.62. The molecule has 0 aromatic carbocycles. The molecule has 3 heterocycles. The summed E-state index contributed by atoms with van der Waals surface area (Å²) in [5.41, 5.74) is 0.878. The standard InChI is InChI=1S/C12H14N6O3S/c1-3-20-11-8(6-21-10-4-5-13-14-10)9(7-22-11)18-12(19)17(2)15-16-18/h4-5,7H,3,6H2,1-2H3,(H,13,14)/i/hT. The molecule has 3 aromatic rings. The summed E-state index contributed by atoms with van der Waals surface area (Å²) in [6.07, 6.45) is 1.46. The lowest BCUT2D eigenvalue weighted by atomic mass is 10.3. The maximum atomic E-state index is 12.0. The van der Waals surface area contributed by atoms with Gasteiger partial charge in [-0.25, -0.2) is 4.79 Å². The number of thiophene rings is 1. The highest BCUT2D eigenvalue weighted by molar-refractivity contribution is 7.12. The number of aromatic amines is 1. The van der Waals surface area contributed by atoms with Crippen LogP contribution < -0.4 is 15.2 Å². The summed E-state index contributed by atoms with van der Waals surface area (Å²) in [5.74, 6) is 0.311. The Morgan fingerprint density at radius 1 is 1.45 bits per heavy atom. The van der Waals surface area contributed by atoms with Gasteiger partial charge in [-0.3, -0.25) is 5.09 Å². The molecule has 1 N–H and O–H groups in total. The summed E-state index contributed by atoms with van der Waals surface area (Å²) in [6.45, 7) is 2.50. The smallest absolute Gasteiger partial charge is 0.368 e. The number of ether oxygens (including phenoxy) is 2. The minimum Gasteiger partial charge on any atom is -0.484 e. The molecule has 0 unspecified atom stereocenters. The van der Waals surface area contributed by atoms with Crippen LogP contribution in [-0.4, -0.2) is 36.6 Å². The van der Waals surface area contributed by atoms with Gasteiger partial charge in [-0.1, -0.05) is 0 Å². The van der Waals surface area contributed by atoms with E-state index in [-0.39, 0.29) is 12.3 Å². The number of rotatable bonds is 6. The summed E-state index contributed by atoms with van der Waals surface area (Å²) in [4.78, 5) is 12.0. The van der Waals surface area contributed by atoms with E-state index in [2.05, 4.69) is 15.5 Å². The van der Waals surface area contributed by atoms with E-state index in [1.165, 1.54) is 29.3 Å². The zero-order valence-electron chi connectivity index (χ0n) is 13.0. The van der Waals surface area contributed by atoms with Crippen LogP contribution in [-0.2, 0) is 13.7 Å². The molecule has 0 bridgehead atoms. The molecule has 0 atom stereocenters. The Balaban J connectivity index is 1.94. The summed E-state index contributed by atoms with van der Waals surface area (Å²) in [5, 5.41) is 14.7. The van der Waals surface area contributed by atoms with Gasteiger partial charge in [0.1, 0.15) is 6.61 Å². The SMILES string of the molecule is [3H]n1ccc(OCc2c(-n3nnn(C)c3=O)csc2OCC)n1. The van der Waals surface area contributed by atoms with Crippen LogP contribution in [0.3, 0.4) is 0 Å². The van der Waals surface area contributed by atoms with Gasteiger partial charge < -0.3 is 9.47 Å². The summed E-state index contributed by atoms with van der Waals surface area (Å²) in [7, 11) is 1.53. The minimum absolute atomic E-state index is 0.133. The molecule has 0 saturated carbocycles. The van der Waals surface area contributed by atoms with E-state index >= 15 is 0 Å². The first kappa shape index (κ1) is 13.1. The molecule has 3 rings (SSSR count). The predicted molar refractivity (Wildman–Crippen MR) is 78.6 cm³/mol. The highest BCUT2D eigenvalue weighted by atomic mass is 32.1. The molecule has 0 saturated heterocycles. The monoisotopic (exact) mass is 324 g/mol. The van der Waals surface area contributed by atoms with E-state index in [0.717, 1.165) is 9.77 Å². The van der Waals surface area contributed by atoms with Gasteiger partial charge in [0.2, 0.25) is 5.88 Å². The van der Waals surface area contributed by atoms with Crippen LogP contribution in [0.5, 0.6) is 10.9 Å². The maximum absolute atomic E-state index is 12.0. The second-order valence-corrected chi connectivity index (χ2v) is 5.12. The van der Waals surface area contributed by atoms with Gasteiger partial charge in [0, 0.05) is 24.7 Å². The van der Waals surface area contributed by atoms with Crippen molar-refractivity contribution >= 4 is 11.3 Å². The molecular weight excluding hydrogens is 308 g/mol. The molecule has 0 aliphatic heterocycles. The molecule has 9 nitrogen and oxygen atoms in total. The average molecular weight is 324 g/mol. The third-order valence-electron chi connectivity index (χ3n) is 2.86. The number of aromatic nitrogens is 6. The fourth-order valence-corrected chi connectivity index (χ4v) is 2.78. The Kier molecular flexibility index (Phi) is 3.57. The van der Waals surface area contributed by atoms with E-state index in [1.807, 2.05) is 6.92 Å². The minimum atomic E-state index is -0.359. The molecule has 0 spiro atoms. The molecule has 0 aliphatic rings. The number of nitrogens with one attached hydrogen (secondary N) is 1. The zero-order valence-corrected chi connectivity index (χ0v) is 12.8. The number of H-pyrrole nitrogens is 1. The van der Waals surface area contributed by atoms with Crippen molar-refractivity contribution in [3.8, 4) is 16.6 Å². The van der Waals surface area contributed by atoms with Gasteiger partial charge in [0.05, 0.1) is 17.9 Å². The molecule has 22 heavy (non-hydrogen) atoms. The van der Waals surface area contributed by atoms with Crippen LogP contribution in [0.2, 0.25) is 1.41 Å². The van der Waals surface area contributed by atoms with Crippen LogP contribution in [0.4, 0.5) is 0 Å². The second-order valence-electron chi connectivity index (χ2n) is 4.27. The number of nitrogens with zero attached hydrogens (tertiary/aromatic N) is 5. The number of hydrogen-bond donors (Lipinski definition) is 1. The van der Waals surface area contributed by atoms with Crippen LogP contribution in [0.1, 0.15) is 12.5 Å². The highest BCUT2D eigenvalue weighted by Gasteiger charge is 2.19. The van der Waals surface area contributed by atoms with Gasteiger partial charge >= 0.3 is 5.69 Å². The maximum Gasteiger partial charge on any atom is 0.368 e. The largest absolute Gasteiger partial charge is 0.484 e. The van der Waals surface area contributed by atoms with E-state index in [0.29, 0.717) is 28.8 Å². The molecule has 0 amide bonds. The third-order valence-corrected chi connectivity index (χ3v) is 3.78. The van der Waals surface area contributed by atoms with Crippen molar-refractivity contribution in [2.24, 2.45) is 7.05 Å². The molecule has 10 heteroatoms. The van der Waals surface area contributed by atoms with Gasteiger partial charge in [0.25, 0.3) is 0 Å². The Morgan fingerprint density at radius 2 is 2.32 bits per heavy atom. The van der Waals surface area contributed by atoms with Crippen LogP contribution in [0.15, 0.2) is 22.4 Å². The van der Waals surface area contributed by atoms with Crippen molar-refractivity contribution < 1.29 is 10.9 Å². The zero-order chi connectivity index (χ0) is 16.4. The van der Waals surface area contributed by atoms with Crippen LogP contribution in [0, 0.1) is 0 Å². The van der Waals surface area contributed by atoms with E-state index in [1.54, 1.807) is 11.4 Å².